The topological polar surface area (TPSA) is 84.0 Å². The molecule has 0 atom stereocenters. The molecule has 0 radical (unpaired) electrons. The number of benzene rings is 1. The Morgan fingerprint density at radius 3 is 2.42 bits per heavy atom. The first-order valence-electron chi connectivity index (χ1n) is 9.28. The Hall–Kier alpha value is -2.12. The SMILES string of the molecule is CCCCOCCOCCNC(=NCC(=O)Nc1ccccc1)NCC. The van der Waals surface area contributed by atoms with E-state index in [0.717, 1.165) is 31.7 Å². The summed E-state index contributed by atoms with van der Waals surface area (Å²) in [5.41, 5.74) is 0.764. The van der Waals surface area contributed by atoms with Crippen molar-refractivity contribution in [3.63, 3.8) is 0 Å². The van der Waals surface area contributed by atoms with Crippen LogP contribution in [0.3, 0.4) is 0 Å². The fourth-order valence-corrected chi connectivity index (χ4v) is 2.02. The van der Waals surface area contributed by atoms with Gasteiger partial charge in [-0.2, -0.15) is 0 Å². The number of carbonyl (C=O) groups is 1. The number of unbranched alkanes of at least 4 members (excludes halogenated alkanes) is 1. The molecule has 0 aliphatic rings. The van der Waals surface area contributed by atoms with Gasteiger partial charge in [-0.1, -0.05) is 31.5 Å². The van der Waals surface area contributed by atoms with Crippen LogP contribution in [-0.4, -0.2) is 57.9 Å². The number of para-hydroxylation sites is 1. The standard InChI is InChI=1S/C19H32N4O3/c1-3-5-12-25-14-15-26-13-11-21-19(20-4-2)22-16-18(24)23-17-9-7-6-8-10-17/h6-10H,3-5,11-16H2,1-2H3,(H,23,24)(H2,20,21,22). The van der Waals surface area contributed by atoms with Crippen LogP contribution >= 0.6 is 0 Å². The number of rotatable bonds is 13. The van der Waals surface area contributed by atoms with Gasteiger partial charge in [-0.3, -0.25) is 4.79 Å². The molecule has 0 aliphatic heterocycles. The lowest BCUT2D eigenvalue weighted by Crippen LogP contribution is -2.39. The van der Waals surface area contributed by atoms with Crippen molar-refractivity contribution in [2.75, 3.05) is 51.4 Å². The van der Waals surface area contributed by atoms with Crippen molar-refractivity contribution in [1.82, 2.24) is 10.6 Å². The van der Waals surface area contributed by atoms with E-state index in [2.05, 4.69) is 27.9 Å². The van der Waals surface area contributed by atoms with Crippen LogP contribution in [0.4, 0.5) is 5.69 Å². The first-order chi connectivity index (χ1) is 12.8. The molecule has 0 fully saturated rings. The molecule has 7 heteroatoms. The molecule has 26 heavy (non-hydrogen) atoms. The zero-order chi connectivity index (χ0) is 18.9. The van der Waals surface area contributed by atoms with Gasteiger partial charge < -0.3 is 25.4 Å². The molecule has 0 saturated heterocycles. The van der Waals surface area contributed by atoms with Gasteiger partial charge in [-0.15, -0.1) is 0 Å². The molecule has 0 spiro atoms. The summed E-state index contributed by atoms with van der Waals surface area (Å²) in [6.07, 6.45) is 2.22. The molecule has 7 nitrogen and oxygen atoms in total. The molecule has 0 unspecified atom stereocenters. The molecule has 1 aromatic carbocycles. The van der Waals surface area contributed by atoms with E-state index in [1.54, 1.807) is 0 Å². The highest BCUT2D eigenvalue weighted by Crippen LogP contribution is 2.04. The Bertz CT molecular complexity index is 509. The van der Waals surface area contributed by atoms with Crippen LogP contribution in [0.1, 0.15) is 26.7 Å². The van der Waals surface area contributed by atoms with E-state index in [0.29, 0.717) is 32.3 Å². The number of hydrogen-bond donors (Lipinski definition) is 3. The highest BCUT2D eigenvalue weighted by molar-refractivity contribution is 5.94. The third-order valence-electron chi connectivity index (χ3n) is 3.34. The Morgan fingerprint density at radius 1 is 1.00 bits per heavy atom. The maximum absolute atomic E-state index is 11.9. The highest BCUT2D eigenvalue weighted by Gasteiger charge is 2.02. The van der Waals surface area contributed by atoms with E-state index in [-0.39, 0.29) is 12.5 Å². The van der Waals surface area contributed by atoms with Crippen LogP contribution in [0, 0.1) is 0 Å². The summed E-state index contributed by atoms with van der Waals surface area (Å²) < 4.78 is 10.9. The smallest absolute Gasteiger partial charge is 0.246 e. The summed E-state index contributed by atoms with van der Waals surface area (Å²) in [6, 6.07) is 9.34. The number of nitrogens with zero attached hydrogens (tertiary/aromatic N) is 1. The number of anilines is 1. The predicted octanol–water partition coefficient (Wildman–Crippen LogP) is 2.01. The van der Waals surface area contributed by atoms with Crippen LogP contribution in [-0.2, 0) is 14.3 Å². The number of carbonyl (C=O) groups excluding carboxylic acids is 1. The van der Waals surface area contributed by atoms with Crippen molar-refractivity contribution in [3.8, 4) is 0 Å². The second kappa shape index (κ2) is 15.2. The second-order valence-electron chi connectivity index (χ2n) is 5.61. The van der Waals surface area contributed by atoms with Gasteiger partial charge in [-0.25, -0.2) is 4.99 Å². The van der Waals surface area contributed by atoms with Crippen molar-refractivity contribution in [1.29, 1.82) is 0 Å². The van der Waals surface area contributed by atoms with Crippen molar-refractivity contribution in [2.24, 2.45) is 4.99 Å². The number of ether oxygens (including phenoxy) is 2. The monoisotopic (exact) mass is 364 g/mol. The molecule has 1 aromatic rings. The first-order valence-corrected chi connectivity index (χ1v) is 9.28. The van der Waals surface area contributed by atoms with E-state index < -0.39 is 0 Å². The zero-order valence-electron chi connectivity index (χ0n) is 15.9. The summed E-state index contributed by atoms with van der Waals surface area (Å²) in [5, 5.41) is 9.05. The van der Waals surface area contributed by atoms with Crippen LogP contribution in [0.15, 0.2) is 35.3 Å². The number of hydrogen-bond acceptors (Lipinski definition) is 4. The minimum atomic E-state index is -0.158. The zero-order valence-corrected chi connectivity index (χ0v) is 15.9. The lowest BCUT2D eigenvalue weighted by atomic mass is 10.3. The van der Waals surface area contributed by atoms with Gasteiger partial charge in [0.2, 0.25) is 5.91 Å². The lowest BCUT2D eigenvalue weighted by molar-refractivity contribution is -0.114. The van der Waals surface area contributed by atoms with E-state index in [4.69, 9.17) is 9.47 Å². The Kier molecular flexibility index (Phi) is 12.8. The van der Waals surface area contributed by atoms with E-state index in [1.807, 2.05) is 37.3 Å². The van der Waals surface area contributed by atoms with Gasteiger partial charge in [0.15, 0.2) is 5.96 Å². The third kappa shape index (κ3) is 11.4. The van der Waals surface area contributed by atoms with Gasteiger partial charge >= 0.3 is 0 Å². The van der Waals surface area contributed by atoms with E-state index in [1.165, 1.54) is 0 Å². The van der Waals surface area contributed by atoms with Crippen molar-refractivity contribution >= 4 is 17.6 Å². The fraction of sp³-hybridized carbons (Fsp3) is 0.579. The van der Waals surface area contributed by atoms with Crippen LogP contribution in [0.5, 0.6) is 0 Å². The molecular formula is C19H32N4O3. The Balaban J connectivity index is 2.19. The number of amides is 1. The van der Waals surface area contributed by atoms with Gasteiger partial charge in [-0.05, 0) is 25.5 Å². The second-order valence-corrected chi connectivity index (χ2v) is 5.61. The fourth-order valence-electron chi connectivity index (χ4n) is 2.02. The van der Waals surface area contributed by atoms with Gasteiger partial charge in [0.05, 0.1) is 19.8 Å². The minimum Gasteiger partial charge on any atom is -0.379 e. The van der Waals surface area contributed by atoms with Crippen LogP contribution < -0.4 is 16.0 Å². The molecule has 146 valence electrons. The van der Waals surface area contributed by atoms with Crippen LogP contribution in [0.25, 0.3) is 0 Å². The van der Waals surface area contributed by atoms with Crippen LogP contribution in [0.2, 0.25) is 0 Å². The highest BCUT2D eigenvalue weighted by atomic mass is 16.5. The average molecular weight is 364 g/mol. The average Bonchev–Trinajstić information content (AvgIpc) is 2.65. The maximum atomic E-state index is 11.9. The van der Waals surface area contributed by atoms with E-state index >= 15 is 0 Å². The van der Waals surface area contributed by atoms with Crippen molar-refractivity contribution in [3.05, 3.63) is 30.3 Å². The van der Waals surface area contributed by atoms with Gasteiger partial charge in [0.25, 0.3) is 0 Å². The summed E-state index contributed by atoms with van der Waals surface area (Å²) in [5.74, 6) is 0.437. The largest absolute Gasteiger partial charge is 0.379 e. The maximum Gasteiger partial charge on any atom is 0.246 e. The Morgan fingerprint density at radius 2 is 1.73 bits per heavy atom. The van der Waals surface area contributed by atoms with Crippen molar-refractivity contribution < 1.29 is 14.3 Å². The molecule has 0 saturated carbocycles. The molecule has 0 bridgehead atoms. The van der Waals surface area contributed by atoms with Crippen molar-refractivity contribution in [2.45, 2.75) is 26.7 Å². The predicted molar refractivity (Wildman–Crippen MR) is 106 cm³/mol. The minimum absolute atomic E-state index is 0.0519. The molecule has 3 N–H and O–H groups in total. The first kappa shape index (κ1) is 21.9. The summed E-state index contributed by atoms with van der Waals surface area (Å²) >= 11 is 0. The molecule has 1 rings (SSSR count). The summed E-state index contributed by atoms with van der Waals surface area (Å²) in [6.45, 7) is 8.05. The number of guanidine groups is 1. The lowest BCUT2D eigenvalue weighted by Gasteiger charge is -2.11. The molecular weight excluding hydrogens is 332 g/mol. The number of aliphatic imine (C=N–C) groups is 1. The molecule has 1 amide bonds. The number of nitrogens with one attached hydrogen (secondary N) is 3. The molecule has 0 aliphatic carbocycles. The molecule has 0 aromatic heterocycles. The molecule has 0 heterocycles. The van der Waals surface area contributed by atoms with Gasteiger partial charge in [0, 0.05) is 25.4 Å². The normalized spacial score (nSPS) is 11.2. The van der Waals surface area contributed by atoms with E-state index in [9.17, 15) is 4.79 Å². The summed E-state index contributed by atoms with van der Waals surface area (Å²) in [7, 11) is 0. The quantitative estimate of drug-likeness (QED) is 0.283. The Labute approximate surface area is 156 Å². The third-order valence-corrected chi connectivity index (χ3v) is 3.34. The van der Waals surface area contributed by atoms with Gasteiger partial charge in [0.1, 0.15) is 6.54 Å². The summed E-state index contributed by atoms with van der Waals surface area (Å²) in [4.78, 5) is 16.2.